The van der Waals surface area contributed by atoms with E-state index in [1.165, 1.54) is 0 Å². The Hall–Kier alpha value is -3.94. The van der Waals surface area contributed by atoms with Crippen molar-refractivity contribution in [3.05, 3.63) is 61.4 Å². The van der Waals surface area contributed by atoms with Gasteiger partial charge in [0.1, 0.15) is 0 Å². The second kappa shape index (κ2) is 6.90. The minimum absolute atomic E-state index is 0.137. The lowest BCUT2D eigenvalue weighted by Crippen LogP contribution is -2.04. The van der Waals surface area contributed by atoms with Crippen LogP contribution in [0.5, 0.6) is 11.6 Å². The van der Waals surface area contributed by atoms with Gasteiger partial charge >= 0.3 is 0 Å². The fourth-order valence-corrected chi connectivity index (χ4v) is 3.84. The number of nitrogens with zero attached hydrogens (tertiary/aromatic N) is 4. The highest BCUT2D eigenvalue weighted by Crippen LogP contribution is 2.48. The monoisotopic (exact) mass is 388 g/mol. The average molecular weight is 388 g/mol. The molecule has 0 aliphatic rings. The molecule has 0 saturated heterocycles. The fraction of sp³-hybridized carbons (Fsp3) is 0.143. The number of imidazole rings is 1. The second-order valence-corrected chi connectivity index (χ2v) is 6.92. The quantitative estimate of drug-likeness (QED) is 0.355. The Balaban J connectivity index is 1.63. The zero-order valence-electron chi connectivity index (χ0n) is 15.6. The van der Waals surface area contributed by atoms with Gasteiger partial charge in [-0.25, -0.2) is 4.98 Å². The first-order chi connectivity index (χ1) is 14.2. The van der Waals surface area contributed by atoms with Crippen LogP contribution in [0.2, 0.25) is 0 Å². The first kappa shape index (κ1) is 17.2. The number of aromatic nitrogens is 6. The van der Waals surface area contributed by atoms with Gasteiger partial charge in [-0.1, -0.05) is 18.2 Å². The summed E-state index contributed by atoms with van der Waals surface area (Å²) in [7, 11) is 0. The van der Waals surface area contributed by atoms with Gasteiger partial charge in [0.15, 0.2) is 5.75 Å². The zero-order valence-corrected chi connectivity index (χ0v) is 15.6. The van der Waals surface area contributed by atoms with Crippen molar-refractivity contribution in [2.45, 2.75) is 19.5 Å². The number of hydrogen-bond donors (Lipinski definition) is 4. The number of hydrogen-bond acceptors (Lipinski definition) is 4. The normalized spacial score (nSPS) is 11.4. The van der Waals surface area contributed by atoms with E-state index in [0.29, 0.717) is 17.8 Å². The third-order valence-electron chi connectivity index (χ3n) is 5.18. The van der Waals surface area contributed by atoms with Gasteiger partial charge in [-0.15, -0.1) is 0 Å². The summed E-state index contributed by atoms with van der Waals surface area (Å²) in [5.74, 6) is -0.289. The summed E-state index contributed by atoms with van der Waals surface area (Å²) in [5, 5.41) is 29.7. The lowest BCUT2D eigenvalue weighted by molar-refractivity contribution is 0.368. The molecule has 8 heteroatoms. The van der Waals surface area contributed by atoms with E-state index in [0.717, 1.165) is 35.1 Å². The lowest BCUT2D eigenvalue weighted by atomic mass is 10.0. The molecule has 0 bridgehead atoms. The molecule has 0 amide bonds. The molecule has 29 heavy (non-hydrogen) atoms. The van der Waals surface area contributed by atoms with E-state index >= 15 is 0 Å². The number of H-pyrrole nitrogens is 2. The number of aryl methyl sites for hydroxylation is 1. The van der Waals surface area contributed by atoms with Gasteiger partial charge in [0, 0.05) is 54.3 Å². The molecule has 0 fully saturated rings. The highest BCUT2D eigenvalue weighted by atomic mass is 16.3. The van der Waals surface area contributed by atoms with Crippen LogP contribution in [-0.2, 0) is 13.1 Å². The molecular weight excluding hydrogens is 368 g/mol. The predicted octanol–water partition coefficient (Wildman–Crippen LogP) is 3.72. The summed E-state index contributed by atoms with van der Waals surface area (Å²) in [6.45, 7) is 1.28. The van der Waals surface area contributed by atoms with Gasteiger partial charge in [-0.05, 0) is 18.6 Å². The van der Waals surface area contributed by atoms with Crippen LogP contribution in [-0.4, -0.2) is 39.5 Å². The molecule has 0 radical (unpaired) electrons. The minimum Gasteiger partial charge on any atom is -0.503 e. The lowest BCUT2D eigenvalue weighted by Gasteiger charge is -2.11. The van der Waals surface area contributed by atoms with Crippen LogP contribution in [0.1, 0.15) is 6.42 Å². The van der Waals surface area contributed by atoms with Crippen LogP contribution >= 0.6 is 0 Å². The molecule has 0 saturated carbocycles. The molecule has 5 rings (SSSR count). The smallest absolute Gasteiger partial charge is 0.235 e. The third kappa shape index (κ3) is 2.85. The molecule has 4 heterocycles. The molecule has 1 aromatic carbocycles. The summed E-state index contributed by atoms with van der Waals surface area (Å²) >= 11 is 0. The number of para-hydroxylation sites is 1. The Kier molecular flexibility index (Phi) is 4.09. The maximum atomic E-state index is 10.9. The van der Waals surface area contributed by atoms with Crippen molar-refractivity contribution < 1.29 is 10.2 Å². The summed E-state index contributed by atoms with van der Waals surface area (Å²) in [6.07, 6.45) is 9.68. The molecule has 0 unspecified atom stereocenters. The number of nitrogens with one attached hydrogen (secondary N) is 2. The van der Waals surface area contributed by atoms with Crippen molar-refractivity contribution in [1.82, 2.24) is 29.3 Å². The molecule has 5 aromatic rings. The van der Waals surface area contributed by atoms with Crippen LogP contribution < -0.4 is 0 Å². The standard InChI is InChI=1S/C21H20N6O2/c28-20-18(15-12-23-16-5-2-1-4-14(15)16)19(17-6-7-24-25-17)27(21(20)29)10-3-9-26-11-8-22-13-26/h1-2,4-8,11-13,23,28-29H,3,9-10H2,(H,24,25). The van der Waals surface area contributed by atoms with E-state index in [1.54, 1.807) is 23.3 Å². The number of benzene rings is 1. The van der Waals surface area contributed by atoms with E-state index in [-0.39, 0.29) is 11.6 Å². The first-order valence-corrected chi connectivity index (χ1v) is 9.40. The Morgan fingerprint density at radius 2 is 1.93 bits per heavy atom. The average Bonchev–Trinajstić information content (AvgIpc) is 3.52. The van der Waals surface area contributed by atoms with Crippen LogP contribution in [0.4, 0.5) is 0 Å². The van der Waals surface area contributed by atoms with Gasteiger partial charge in [0.05, 0.1) is 23.3 Å². The fourth-order valence-electron chi connectivity index (χ4n) is 3.84. The van der Waals surface area contributed by atoms with Crippen molar-refractivity contribution in [2.24, 2.45) is 0 Å². The van der Waals surface area contributed by atoms with Crippen molar-refractivity contribution >= 4 is 10.9 Å². The summed E-state index contributed by atoms with van der Waals surface area (Å²) in [4.78, 5) is 7.29. The van der Waals surface area contributed by atoms with Gasteiger partial charge in [-0.2, -0.15) is 5.10 Å². The van der Waals surface area contributed by atoms with Crippen LogP contribution in [0.15, 0.2) is 61.4 Å². The van der Waals surface area contributed by atoms with E-state index < -0.39 is 0 Å². The number of rotatable bonds is 6. The van der Waals surface area contributed by atoms with Gasteiger partial charge in [-0.3, -0.25) is 5.10 Å². The Morgan fingerprint density at radius 1 is 1.03 bits per heavy atom. The Morgan fingerprint density at radius 3 is 2.72 bits per heavy atom. The number of fused-ring (bicyclic) bond motifs is 1. The van der Waals surface area contributed by atoms with Crippen molar-refractivity contribution in [3.8, 4) is 34.1 Å². The molecular formula is C21H20N6O2. The summed E-state index contributed by atoms with van der Waals surface area (Å²) in [6, 6.07) is 9.71. The van der Waals surface area contributed by atoms with Crippen molar-refractivity contribution in [2.75, 3.05) is 0 Å². The maximum Gasteiger partial charge on any atom is 0.235 e. The molecule has 4 N–H and O–H groups in total. The largest absolute Gasteiger partial charge is 0.503 e. The first-order valence-electron chi connectivity index (χ1n) is 9.40. The van der Waals surface area contributed by atoms with Crippen molar-refractivity contribution in [3.63, 3.8) is 0 Å². The third-order valence-corrected chi connectivity index (χ3v) is 5.18. The molecule has 0 aliphatic carbocycles. The maximum absolute atomic E-state index is 10.9. The molecule has 8 nitrogen and oxygen atoms in total. The zero-order chi connectivity index (χ0) is 19.8. The second-order valence-electron chi connectivity index (χ2n) is 6.92. The van der Waals surface area contributed by atoms with Gasteiger partial charge < -0.3 is 24.3 Å². The van der Waals surface area contributed by atoms with E-state index in [4.69, 9.17) is 0 Å². The highest BCUT2D eigenvalue weighted by molar-refractivity contribution is 6.01. The van der Waals surface area contributed by atoms with Gasteiger partial charge in [0.25, 0.3) is 0 Å². The SMILES string of the molecule is Oc1c(-c2c[nH]c3ccccc23)c(-c2ccn[nH]2)n(CCCn2ccnc2)c1O. The van der Waals surface area contributed by atoms with E-state index in [1.807, 2.05) is 47.3 Å². The molecule has 146 valence electrons. The highest BCUT2D eigenvalue weighted by Gasteiger charge is 2.26. The molecule has 0 spiro atoms. The number of aromatic hydroxyl groups is 2. The summed E-state index contributed by atoms with van der Waals surface area (Å²) in [5.41, 5.74) is 3.79. The Labute approximate surface area is 166 Å². The molecule has 0 aliphatic heterocycles. The predicted molar refractivity (Wildman–Crippen MR) is 109 cm³/mol. The Bertz CT molecular complexity index is 1250. The van der Waals surface area contributed by atoms with Crippen LogP contribution in [0.3, 0.4) is 0 Å². The molecule has 0 atom stereocenters. The van der Waals surface area contributed by atoms with Crippen LogP contribution in [0.25, 0.3) is 33.4 Å². The van der Waals surface area contributed by atoms with Gasteiger partial charge in [0.2, 0.25) is 5.88 Å². The summed E-state index contributed by atoms with van der Waals surface area (Å²) < 4.78 is 3.72. The van der Waals surface area contributed by atoms with E-state index in [2.05, 4.69) is 20.2 Å². The van der Waals surface area contributed by atoms with Crippen LogP contribution in [0, 0.1) is 0 Å². The molecule has 4 aromatic heterocycles. The van der Waals surface area contributed by atoms with E-state index in [9.17, 15) is 10.2 Å². The minimum atomic E-state index is -0.152. The topological polar surface area (TPSA) is 108 Å². The number of aromatic amines is 2. The van der Waals surface area contributed by atoms with Crippen molar-refractivity contribution in [1.29, 1.82) is 0 Å².